The Morgan fingerprint density at radius 1 is 0.929 bits per heavy atom. The van der Waals surface area contributed by atoms with Crippen LogP contribution in [0.25, 0.3) is 5.65 Å². The lowest BCUT2D eigenvalue weighted by Crippen LogP contribution is -2.46. The Bertz CT molecular complexity index is 933. The molecule has 0 saturated carbocycles. The number of methoxy groups -OCH3 is 3. The molecule has 2 aromatic heterocycles. The van der Waals surface area contributed by atoms with Crippen LogP contribution in [0.1, 0.15) is 5.69 Å². The number of rotatable bonds is 6. The lowest BCUT2D eigenvalue weighted by Gasteiger charge is -2.36. The van der Waals surface area contributed by atoms with Gasteiger partial charge in [-0.15, -0.1) is 0 Å². The molecular formula is C20H25N5O3. The molecule has 0 N–H and O–H groups in total. The molecule has 148 valence electrons. The van der Waals surface area contributed by atoms with Crippen LogP contribution in [0.2, 0.25) is 0 Å². The quantitative estimate of drug-likeness (QED) is 0.646. The van der Waals surface area contributed by atoms with Crippen molar-refractivity contribution in [2.45, 2.75) is 6.54 Å². The Balaban J connectivity index is 1.44. The summed E-state index contributed by atoms with van der Waals surface area (Å²) in [6.07, 6.45) is 1.88. The lowest BCUT2D eigenvalue weighted by molar-refractivity contribution is 0.244. The van der Waals surface area contributed by atoms with E-state index in [0.717, 1.165) is 49.8 Å². The van der Waals surface area contributed by atoms with Crippen molar-refractivity contribution in [2.24, 2.45) is 0 Å². The topological polar surface area (TPSA) is 64.4 Å². The fraction of sp³-hybridized carbons (Fsp3) is 0.400. The van der Waals surface area contributed by atoms with Gasteiger partial charge in [0, 0.05) is 44.5 Å². The number of hydrogen-bond acceptors (Lipinski definition) is 7. The number of hydrogen-bond donors (Lipinski definition) is 0. The second-order valence-corrected chi connectivity index (χ2v) is 6.69. The van der Waals surface area contributed by atoms with Gasteiger partial charge in [0.15, 0.2) is 0 Å². The monoisotopic (exact) mass is 383 g/mol. The molecule has 3 heterocycles. The predicted molar refractivity (Wildman–Crippen MR) is 107 cm³/mol. The molecule has 8 heteroatoms. The van der Waals surface area contributed by atoms with E-state index in [1.54, 1.807) is 21.3 Å². The highest BCUT2D eigenvalue weighted by atomic mass is 16.5. The Labute approximate surface area is 164 Å². The Morgan fingerprint density at radius 3 is 2.32 bits per heavy atom. The van der Waals surface area contributed by atoms with Crippen LogP contribution in [0.15, 0.2) is 36.5 Å². The molecule has 0 spiro atoms. The number of benzene rings is 1. The van der Waals surface area contributed by atoms with Gasteiger partial charge in [0.05, 0.1) is 33.2 Å². The van der Waals surface area contributed by atoms with Crippen LogP contribution in [-0.2, 0) is 6.54 Å². The largest absolute Gasteiger partial charge is 0.497 e. The molecule has 1 saturated heterocycles. The summed E-state index contributed by atoms with van der Waals surface area (Å²) in [4.78, 5) is 13.7. The average molecular weight is 383 g/mol. The second-order valence-electron chi connectivity index (χ2n) is 6.69. The number of aromatic nitrogens is 3. The highest BCUT2D eigenvalue weighted by Crippen LogP contribution is 2.23. The van der Waals surface area contributed by atoms with Crippen molar-refractivity contribution >= 4 is 11.3 Å². The molecule has 0 amide bonds. The van der Waals surface area contributed by atoms with Gasteiger partial charge in [-0.25, -0.2) is 9.38 Å². The fourth-order valence-electron chi connectivity index (χ4n) is 3.55. The first-order valence-corrected chi connectivity index (χ1v) is 9.28. The van der Waals surface area contributed by atoms with Crippen LogP contribution in [-0.4, -0.2) is 66.8 Å². The van der Waals surface area contributed by atoms with Gasteiger partial charge in [-0.05, 0) is 24.3 Å². The molecule has 1 aliphatic heterocycles. The number of anilines is 1. The molecule has 1 aliphatic rings. The first-order valence-electron chi connectivity index (χ1n) is 9.28. The molecule has 1 fully saturated rings. The van der Waals surface area contributed by atoms with Gasteiger partial charge in [-0.2, -0.15) is 4.98 Å². The first-order chi connectivity index (χ1) is 13.7. The van der Waals surface area contributed by atoms with Crippen LogP contribution in [0.3, 0.4) is 0 Å². The Morgan fingerprint density at radius 2 is 1.68 bits per heavy atom. The summed E-state index contributed by atoms with van der Waals surface area (Å²) in [6.45, 7) is 4.71. The molecule has 3 aromatic rings. The highest BCUT2D eigenvalue weighted by Gasteiger charge is 2.20. The third kappa shape index (κ3) is 3.55. The van der Waals surface area contributed by atoms with E-state index < -0.39 is 0 Å². The van der Waals surface area contributed by atoms with E-state index in [2.05, 4.69) is 31.9 Å². The van der Waals surface area contributed by atoms with Gasteiger partial charge in [-0.1, -0.05) is 0 Å². The SMILES string of the molecule is COc1ccc(N2CCN(Cc3cnc4cc(OC)nc(OC)n34)CC2)cc1. The Hall–Kier alpha value is -3.00. The summed E-state index contributed by atoms with van der Waals surface area (Å²) in [6, 6.07) is 10.5. The third-order valence-corrected chi connectivity index (χ3v) is 5.10. The maximum Gasteiger partial charge on any atom is 0.305 e. The summed E-state index contributed by atoms with van der Waals surface area (Å²) < 4.78 is 17.9. The van der Waals surface area contributed by atoms with Crippen LogP contribution >= 0.6 is 0 Å². The van der Waals surface area contributed by atoms with Crippen LogP contribution in [0, 0.1) is 0 Å². The zero-order chi connectivity index (χ0) is 19.5. The van der Waals surface area contributed by atoms with Crippen molar-refractivity contribution < 1.29 is 14.2 Å². The summed E-state index contributed by atoms with van der Waals surface area (Å²) in [7, 11) is 4.89. The maximum absolute atomic E-state index is 5.45. The summed E-state index contributed by atoms with van der Waals surface area (Å²) >= 11 is 0. The molecule has 0 bridgehead atoms. The molecule has 8 nitrogen and oxygen atoms in total. The van der Waals surface area contributed by atoms with Crippen molar-refractivity contribution in [3.05, 3.63) is 42.2 Å². The van der Waals surface area contributed by atoms with Crippen molar-refractivity contribution in [3.8, 4) is 17.6 Å². The van der Waals surface area contributed by atoms with Gasteiger partial charge < -0.3 is 19.1 Å². The summed E-state index contributed by atoms with van der Waals surface area (Å²) in [5.74, 6) is 1.38. The molecule has 28 heavy (non-hydrogen) atoms. The zero-order valence-corrected chi connectivity index (χ0v) is 16.5. The van der Waals surface area contributed by atoms with Crippen LogP contribution < -0.4 is 19.1 Å². The number of nitrogens with zero attached hydrogens (tertiary/aromatic N) is 5. The summed E-state index contributed by atoms with van der Waals surface area (Å²) in [5, 5.41) is 0. The molecule has 1 aromatic carbocycles. The maximum atomic E-state index is 5.45. The van der Waals surface area contributed by atoms with E-state index in [-0.39, 0.29) is 0 Å². The molecule has 4 rings (SSSR count). The highest BCUT2D eigenvalue weighted by molar-refractivity contribution is 5.49. The number of fused-ring (bicyclic) bond motifs is 1. The molecule has 0 aliphatic carbocycles. The number of ether oxygens (including phenoxy) is 3. The lowest BCUT2D eigenvalue weighted by atomic mass is 10.2. The number of piperazine rings is 1. The third-order valence-electron chi connectivity index (χ3n) is 5.10. The van der Waals surface area contributed by atoms with E-state index in [4.69, 9.17) is 14.2 Å². The molecular weight excluding hydrogens is 358 g/mol. The molecule has 0 atom stereocenters. The van der Waals surface area contributed by atoms with Gasteiger partial charge in [-0.3, -0.25) is 4.90 Å². The average Bonchev–Trinajstić information content (AvgIpc) is 3.16. The van der Waals surface area contributed by atoms with Crippen molar-refractivity contribution in [2.75, 3.05) is 52.4 Å². The van der Waals surface area contributed by atoms with Crippen molar-refractivity contribution in [3.63, 3.8) is 0 Å². The Kier molecular flexibility index (Phi) is 5.21. The smallest absolute Gasteiger partial charge is 0.305 e. The fourth-order valence-corrected chi connectivity index (χ4v) is 3.55. The molecule has 0 radical (unpaired) electrons. The van der Waals surface area contributed by atoms with Crippen LogP contribution in [0.4, 0.5) is 5.69 Å². The van der Waals surface area contributed by atoms with E-state index in [9.17, 15) is 0 Å². The van der Waals surface area contributed by atoms with Gasteiger partial charge in [0.2, 0.25) is 5.88 Å². The van der Waals surface area contributed by atoms with E-state index in [1.807, 2.05) is 28.8 Å². The standard InChI is InChI=1S/C20H25N5O3/c1-26-17-6-4-15(5-7-17)24-10-8-23(9-11-24)14-16-13-21-18-12-19(27-2)22-20(28-3)25(16)18/h4-7,12-13H,8-11,14H2,1-3H3. The van der Waals surface area contributed by atoms with Gasteiger partial charge >= 0.3 is 6.01 Å². The van der Waals surface area contributed by atoms with Crippen LogP contribution in [0.5, 0.6) is 17.6 Å². The van der Waals surface area contributed by atoms with Crippen molar-refractivity contribution in [1.29, 1.82) is 0 Å². The van der Waals surface area contributed by atoms with Gasteiger partial charge in [0.1, 0.15) is 11.4 Å². The van der Waals surface area contributed by atoms with E-state index in [0.29, 0.717) is 11.9 Å². The minimum Gasteiger partial charge on any atom is -0.497 e. The normalized spacial score (nSPS) is 15.0. The van der Waals surface area contributed by atoms with Crippen molar-refractivity contribution in [1.82, 2.24) is 19.3 Å². The first kappa shape index (κ1) is 18.4. The molecule has 0 unspecified atom stereocenters. The summed E-state index contributed by atoms with van der Waals surface area (Å²) in [5.41, 5.74) is 3.06. The number of imidazole rings is 1. The second kappa shape index (κ2) is 7.93. The minimum atomic E-state index is 0.485. The van der Waals surface area contributed by atoms with Gasteiger partial charge in [0.25, 0.3) is 0 Å². The predicted octanol–water partition coefficient (Wildman–Crippen LogP) is 2.08. The van der Waals surface area contributed by atoms with E-state index >= 15 is 0 Å². The minimum absolute atomic E-state index is 0.485. The van der Waals surface area contributed by atoms with E-state index in [1.165, 1.54) is 5.69 Å². The zero-order valence-electron chi connectivity index (χ0n) is 16.5.